The molecule has 38 heavy (non-hydrogen) atoms. The van der Waals surface area contributed by atoms with Crippen LogP contribution >= 0.6 is 0 Å². The number of anilines is 1. The number of oxazole rings is 1. The second-order valence-corrected chi connectivity index (χ2v) is 11.6. The Kier molecular flexibility index (Phi) is 6.44. The summed E-state index contributed by atoms with van der Waals surface area (Å²) in [4.78, 5) is 17.8. The summed E-state index contributed by atoms with van der Waals surface area (Å²) in [7, 11) is -1.64. The smallest absolute Gasteiger partial charge is 0.243 e. The van der Waals surface area contributed by atoms with Gasteiger partial charge in [0.2, 0.25) is 15.9 Å². The molecular formula is C27H28N6O4S. The van der Waals surface area contributed by atoms with E-state index in [1.165, 1.54) is 16.8 Å². The Balaban J connectivity index is 1.18. The highest BCUT2D eigenvalue weighted by atomic mass is 32.2. The number of aromatic nitrogens is 3. The molecule has 0 radical (unpaired) electrons. The molecule has 4 aromatic rings. The Morgan fingerprint density at radius 1 is 1.00 bits per heavy atom. The summed E-state index contributed by atoms with van der Waals surface area (Å²) >= 11 is 0. The first-order valence-electron chi connectivity index (χ1n) is 12.4. The molecule has 2 aromatic carbocycles. The van der Waals surface area contributed by atoms with Gasteiger partial charge in [-0.25, -0.2) is 23.4 Å². The zero-order valence-electron chi connectivity index (χ0n) is 20.9. The number of fused-ring (bicyclic) bond motifs is 1. The lowest BCUT2D eigenvalue weighted by atomic mass is 10.1. The van der Waals surface area contributed by atoms with Gasteiger partial charge >= 0.3 is 0 Å². The van der Waals surface area contributed by atoms with Crippen molar-refractivity contribution in [3.05, 3.63) is 89.8 Å². The summed E-state index contributed by atoms with van der Waals surface area (Å²) in [6.07, 6.45) is 3.61. The number of aliphatic hydroxyl groups is 1. The van der Waals surface area contributed by atoms with E-state index in [9.17, 15) is 13.5 Å². The minimum Gasteiger partial charge on any atom is -0.445 e. The molecule has 1 fully saturated rings. The quantitative estimate of drug-likeness (QED) is 0.400. The Hall–Kier alpha value is -3.64. The van der Waals surface area contributed by atoms with Gasteiger partial charge in [0, 0.05) is 55.7 Å². The Morgan fingerprint density at radius 3 is 2.53 bits per heavy atom. The van der Waals surface area contributed by atoms with Crippen LogP contribution < -0.4 is 4.90 Å². The number of hydrogen-bond acceptors (Lipinski definition) is 9. The molecule has 2 aromatic heterocycles. The van der Waals surface area contributed by atoms with Crippen LogP contribution in [0.1, 0.15) is 28.7 Å². The van der Waals surface area contributed by atoms with Crippen LogP contribution in [-0.4, -0.2) is 70.9 Å². The minimum atomic E-state index is -3.76. The van der Waals surface area contributed by atoms with Crippen LogP contribution in [0.4, 0.5) is 5.69 Å². The number of nitrogens with zero attached hydrogens (tertiary/aromatic N) is 6. The van der Waals surface area contributed by atoms with Crippen molar-refractivity contribution in [2.24, 2.45) is 0 Å². The fourth-order valence-corrected chi connectivity index (χ4v) is 6.21. The van der Waals surface area contributed by atoms with Crippen LogP contribution in [0, 0.1) is 0 Å². The van der Waals surface area contributed by atoms with E-state index in [0.717, 1.165) is 37.4 Å². The zero-order chi connectivity index (χ0) is 26.3. The highest BCUT2D eigenvalue weighted by molar-refractivity contribution is 7.89. The van der Waals surface area contributed by atoms with E-state index in [1.807, 2.05) is 24.3 Å². The number of sulfonamides is 1. The second kappa shape index (κ2) is 9.91. The predicted octanol–water partition coefficient (Wildman–Crippen LogP) is 2.67. The van der Waals surface area contributed by atoms with Gasteiger partial charge in [-0.05, 0) is 49.0 Å². The van der Waals surface area contributed by atoms with Gasteiger partial charge in [0.25, 0.3) is 0 Å². The van der Waals surface area contributed by atoms with Gasteiger partial charge in [-0.1, -0.05) is 12.1 Å². The van der Waals surface area contributed by atoms with Gasteiger partial charge in [0.1, 0.15) is 12.4 Å². The summed E-state index contributed by atoms with van der Waals surface area (Å²) in [6.45, 7) is 4.13. The second-order valence-electron chi connectivity index (χ2n) is 9.62. The van der Waals surface area contributed by atoms with Crippen molar-refractivity contribution in [1.82, 2.24) is 24.2 Å². The van der Waals surface area contributed by atoms with Crippen molar-refractivity contribution < 1.29 is 17.9 Å². The predicted molar refractivity (Wildman–Crippen MR) is 141 cm³/mol. The van der Waals surface area contributed by atoms with Gasteiger partial charge in [0.05, 0.1) is 23.3 Å². The van der Waals surface area contributed by atoms with E-state index in [4.69, 9.17) is 4.42 Å². The molecule has 6 rings (SSSR count). The molecule has 1 unspecified atom stereocenters. The third-order valence-electron chi connectivity index (χ3n) is 7.12. The molecule has 1 atom stereocenters. The summed E-state index contributed by atoms with van der Waals surface area (Å²) in [5.41, 5.74) is 3.79. The van der Waals surface area contributed by atoms with Gasteiger partial charge < -0.3 is 19.3 Å². The lowest BCUT2D eigenvalue weighted by Crippen LogP contribution is -2.44. The first-order valence-corrected chi connectivity index (χ1v) is 13.9. The topological polar surface area (TPSA) is 116 Å². The third kappa shape index (κ3) is 4.69. The van der Waals surface area contributed by atoms with Crippen molar-refractivity contribution in [3.8, 4) is 11.5 Å². The number of aliphatic hydroxyl groups excluding tert-OH is 1. The number of rotatable bonds is 6. The maximum absolute atomic E-state index is 13.3. The van der Waals surface area contributed by atoms with E-state index in [1.54, 1.807) is 30.5 Å². The van der Waals surface area contributed by atoms with E-state index in [2.05, 4.69) is 31.8 Å². The van der Waals surface area contributed by atoms with Crippen LogP contribution in [-0.2, 0) is 23.1 Å². The highest BCUT2D eigenvalue weighted by Gasteiger charge is 2.32. The normalized spacial score (nSPS) is 17.5. The van der Waals surface area contributed by atoms with E-state index in [0.29, 0.717) is 22.7 Å². The number of hydrogen-bond donors (Lipinski definition) is 1. The first kappa shape index (κ1) is 24.7. The van der Waals surface area contributed by atoms with Crippen LogP contribution in [0.5, 0.6) is 0 Å². The molecule has 1 saturated heterocycles. The number of piperazine rings is 1. The summed E-state index contributed by atoms with van der Waals surface area (Å²) in [6, 6.07) is 14.3. The average molecular weight is 533 g/mol. The van der Waals surface area contributed by atoms with Crippen molar-refractivity contribution in [2.45, 2.75) is 24.1 Å². The lowest BCUT2D eigenvalue weighted by molar-refractivity contribution is 0.209. The number of benzene rings is 2. The highest BCUT2D eigenvalue weighted by Crippen LogP contribution is 2.30. The monoisotopic (exact) mass is 532 g/mol. The summed E-state index contributed by atoms with van der Waals surface area (Å²) in [5, 5.41) is 11.1. The lowest BCUT2D eigenvalue weighted by Gasteiger charge is -2.34. The molecule has 0 bridgehead atoms. The molecule has 10 nitrogen and oxygen atoms in total. The van der Waals surface area contributed by atoms with Crippen molar-refractivity contribution in [2.75, 3.05) is 38.1 Å². The molecule has 0 spiro atoms. The Bertz CT molecular complexity index is 1530. The molecule has 0 saturated carbocycles. The van der Waals surface area contributed by atoms with Crippen molar-refractivity contribution >= 4 is 15.7 Å². The van der Waals surface area contributed by atoms with E-state index in [-0.39, 0.29) is 23.8 Å². The van der Waals surface area contributed by atoms with Crippen LogP contribution in [0.25, 0.3) is 11.5 Å². The molecule has 0 aliphatic carbocycles. The maximum Gasteiger partial charge on any atom is 0.243 e. The SMILES string of the molecule is CN1CCN(c2cccc(C(O)c3ncc4c(n3)CN(S(=O)(=O)c3ccc(-c5ncco5)cc3)C4)c2)CC1. The van der Waals surface area contributed by atoms with Crippen LogP contribution in [0.3, 0.4) is 0 Å². The van der Waals surface area contributed by atoms with E-state index >= 15 is 0 Å². The average Bonchev–Trinajstić information content (AvgIpc) is 3.64. The van der Waals surface area contributed by atoms with Crippen molar-refractivity contribution in [1.29, 1.82) is 0 Å². The van der Waals surface area contributed by atoms with Crippen LogP contribution in [0.2, 0.25) is 0 Å². The van der Waals surface area contributed by atoms with Gasteiger partial charge in [-0.3, -0.25) is 0 Å². The summed E-state index contributed by atoms with van der Waals surface area (Å²) < 4.78 is 33.3. The molecular weight excluding hydrogens is 504 g/mol. The molecule has 11 heteroatoms. The van der Waals surface area contributed by atoms with E-state index < -0.39 is 16.1 Å². The first-order chi connectivity index (χ1) is 18.4. The van der Waals surface area contributed by atoms with Crippen molar-refractivity contribution in [3.63, 3.8) is 0 Å². The number of likely N-dealkylation sites (N-methyl/N-ethyl adjacent to an activating group) is 1. The maximum atomic E-state index is 13.3. The van der Waals surface area contributed by atoms with Gasteiger partial charge in [0.15, 0.2) is 5.82 Å². The van der Waals surface area contributed by atoms with Gasteiger partial charge in [-0.15, -0.1) is 0 Å². The largest absolute Gasteiger partial charge is 0.445 e. The molecule has 196 valence electrons. The molecule has 0 amide bonds. The standard InChI is InChI=1S/C27H28N6O4S/c1-31-10-12-32(13-11-31)22-4-2-3-20(15-22)25(34)26-29-16-21-17-33(18-24(21)30-26)38(35,36)23-7-5-19(6-8-23)27-28-9-14-37-27/h2-9,14-16,25,34H,10-13,17-18H2,1H3. The fourth-order valence-electron chi connectivity index (χ4n) is 4.83. The molecule has 4 heterocycles. The fraction of sp³-hybridized carbons (Fsp3) is 0.296. The third-order valence-corrected chi connectivity index (χ3v) is 8.92. The Labute approximate surface area is 221 Å². The van der Waals surface area contributed by atoms with Crippen LogP contribution in [0.15, 0.2) is 76.5 Å². The minimum absolute atomic E-state index is 0.114. The Morgan fingerprint density at radius 2 is 1.79 bits per heavy atom. The molecule has 2 aliphatic heterocycles. The summed E-state index contributed by atoms with van der Waals surface area (Å²) in [5.74, 6) is 0.687. The zero-order valence-corrected chi connectivity index (χ0v) is 21.8. The van der Waals surface area contributed by atoms with Gasteiger partial charge in [-0.2, -0.15) is 4.31 Å². The molecule has 2 aliphatic rings. The molecule has 1 N–H and O–H groups in total.